The van der Waals surface area contributed by atoms with E-state index in [1.165, 1.54) is 0 Å². The molecule has 1 aliphatic heterocycles. The third kappa shape index (κ3) is 4.40. The molecule has 0 fully saturated rings. The molecule has 0 bridgehead atoms. The van der Waals surface area contributed by atoms with Gasteiger partial charge in [0.05, 0.1) is 12.6 Å². The van der Waals surface area contributed by atoms with Crippen LogP contribution in [0.15, 0.2) is 24.3 Å². The number of nitrogens with two attached hydrogens (primary N) is 1. The molecule has 1 heterocycles. The summed E-state index contributed by atoms with van der Waals surface area (Å²) in [6.07, 6.45) is 2.02. The van der Waals surface area contributed by atoms with Crippen molar-refractivity contribution in [2.45, 2.75) is 38.3 Å². The Morgan fingerprint density at radius 2 is 2.26 bits per heavy atom. The minimum atomic E-state index is 0. The molecule has 1 aliphatic rings. The van der Waals surface area contributed by atoms with Crippen molar-refractivity contribution >= 4 is 18.3 Å². The Morgan fingerprint density at radius 3 is 3.00 bits per heavy atom. The zero-order valence-corrected chi connectivity index (χ0v) is 11.9. The van der Waals surface area contributed by atoms with Gasteiger partial charge in [-0.1, -0.05) is 18.2 Å². The number of ether oxygens (including phenoxy) is 1. The number of hydrogen-bond donors (Lipinski definition) is 2. The Balaban J connectivity index is 0.00000180. The molecule has 2 rings (SSSR count). The van der Waals surface area contributed by atoms with Crippen LogP contribution in [0.1, 0.15) is 37.8 Å². The molecule has 0 radical (unpaired) electrons. The van der Waals surface area contributed by atoms with Crippen molar-refractivity contribution in [2.75, 3.05) is 6.61 Å². The Labute approximate surface area is 120 Å². The molecule has 0 aliphatic carbocycles. The predicted octanol–water partition coefficient (Wildman–Crippen LogP) is 2.18. The first kappa shape index (κ1) is 15.8. The van der Waals surface area contributed by atoms with Crippen molar-refractivity contribution in [1.29, 1.82) is 0 Å². The average Bonchev–Trinajstić information content (AvgIpc) is 2.37. The normalized spacial score (nSPS) is 18.5. The van der Waals surface area contributed by atoms with E-state index in [9.17, 15) is 4.79 Å². The summed E-state index contributed by atoms with van der Waals surface area (Å²) in [6.45, 7) is 2.56. The zero-order chi connectivity index (χ0) is 13.0. The van der Waals surface area contributed by atoms with Crippen LogP contribution in [0.2, 0.25) is 0 Å². The number of benzene rings is 1. The number of carbonyl (C=O) groups excluding carboxylic acids is 1. The highest BCUT2D eigenvalue weighted by Crippen LogP contribution is 2.31. The van der Waals surface area contributed by atoms with Crippen molar-refractivity contribution in [3.8, 4) is 5.75 Å². The number of para-hydroxylation sites is 1. The molecule has 19 heavy (non-hydrogen) atoms. The summed E-state index contributed by atoms with van der Waals surface area (Å²) in [5, 5.41) is 3.06. The van der Waals surface area contributed by atoms with Gasteiger partial charge in [0.2, 0.25) is 5.91 Å². The first-order chi connectivity index (χ1) is 8.66. The first-order valence-electron chi connectivity index (χ1n) is 6.43. The summed E-state index contributed by atoms with van der Waals surface area (Å²) in [7, 11) is 0. The van der Waals surface area contributed by atoms with Crippen LogP contribution in [0.25, 0.3) is 0 Å². The van der Waals surface area contributed by atoms with Gasteiger partial charge in [-0.05, 0) is 19.4 Å². The van der Waals surface area contributed by atoms with Crippen molar-refractivity contribution in [3.63, 3.8) is 0 Å². The van der Waals surface area contributed by atoms with Crippen molar-refractivity contribution < 1.29 is 9.53 Å². The second kappa shape index (κ2) is 7.36. The number of halogens is 1. The van der Waals surface area contributed by atoms with Gasteiger partial charge in [-0.3, -0.25) is 4.79 Å². The second-order valence-electron chi connectivity index (χ2n) is 4.81. The van der Waals surface area contributed by atoms with Gasteiger partial charge >= 0.3 is 0 Å². The highest BCUT2D eigenvalue weighted by molar-refractivity contribution is 5.85. The van der Waals surface area contributed by atoms with Crippen LogP contribution >= 0.6 is 12.4 Å². The van der Waals surface area contributed by atoms with Gasteiger partial charge in [-0.15, -0.1) is 12.4 Å². The van der Waals surface area contributed by atoms with Gasteiger partial charge in [0, 0.05) is 24.4 Å². The highest BCUT2D eigenvalue weighted by atomic mass is 35.5. The molecular formula is C14H21ClN2O2. The Kier molecular flexibility index (Phi) is 6.12. The number of nitrogens with one attached hydrogen (secondary N) is 1. The number of rotatable bonds is 4. The average molecular weight is 285 g/mol. The Morgan fingerprint density at radius 1 is 1.53 bits per heavy atom. The van der Waals surface area contributed by atoms with Crippen LogP contribution in [0.5, 0.6) is 5.75 Å². The molecular weight excluding hydrogens is 264 g/mol. The fourth-order valence-electron chi connectivity index (χ4n) is 2.12. The summed E-state index contributed by atoms with van der Waals surface area (Å²) in [6, 6.07) is 7.99. The van der Waals surface area contributed by atoms with Gasteiger partial charge in [0.1, 0.15) is 5.75 Å². The minimum absolute atomic E-state index is 0. The van der Waals surface area contributed by atoms with E-state index in [1.807, 2.05) is 31.2 Å². The topological polar surface area (TPSA) is 64.4 Å². The van der Waals surface area contributed by atoms with Crippen LogP contribution in [-0.4, -0.2) is 18.6 Å². The summed E-state index contributed by atoms with van der Waals surface area (Å²) < 4.78 is 5.56. The molecule has 106 valence electrons. The van der Waals surface area contributed by atoms with Gasteiger partial charge in [-0.25, -0.2) is 0 Å². The van der Waals surface area contributed by atoms with E-state index in [2.05, 4.69) is 5.32 Å². The lowest BCUT2D eigenvalue weighted by atomic mass is 10.0. The summed E-state index contributed by atoms with van der Waals surface area (Å²) >= 11 is 0. The summed E-state index contributed by atoms with van der Waals surface area (Å²) in [4.78, 5) is 11.8. The standard InChI is InChI=1S/C14H20N2O2.ClH/c1-10(15)6-7-14(17)16-12-8-9-18-13-5-3-2-4-11(12)13;/h2-5,10,12H,6-9,15H2,1H3,(H,16,17);1H. The van der Waals surface area contributed by atoms with Gasteiger partial charge < -0.3 is 15.8 Å². The molecule has 3 N–H and O–H groups in total. The fourth-order valence-corrected chi connectivity index (χ4v) is 2.12. The van der Waals surface area contributed by atoms with E-state index >= 15 is 0 Å². The monoisotopic (exact) mass is 284 g/mol. The second-order valence-corrected chi connectivity index (χ2v) is 4.81. The van der Waals surface area contributed by atoms with Crippen molar-refractivity contribution in [1.82, 2.24) is 5.32 Å². The van der Waals surface area contributed by atoms with Crippen LogP contribution in [0.3, 0.4) is 0 Å². The highest BCUT2D eigenvalue weighted by Gasteiger charge is 2.22. The molecule has 4 nitrogen and oxygen atoms in total. The van der Waals surface area contributed by atoms with E-state index in [0.29, 0.717) is 13.0 Å². The van der Waals surface area contributed by atoms with Gasteiger partial charge in [0.25, 0.3) is 0 Å². The largest absolute Gasteiger partial charge is 0.493 e. The zero-order valence-electron chi connectivity index (χ0n) is 11.1. The number of fused-ring (bicyclic) bond motifs is 1. The molecule has 0 saturated heterocycles. The molecule has 2 unspecified atom stereocenters. The number of carbonyl (C=O) groups is 1. The summed E-state index contributed by atoms with van der Waals surface area (Å²) in [5.41, 5.74) is 6.72. The lowest BCUT2D eigenvalue weighted by Crippen LogP contribution is -2.32. The summed E-state index contributed by atoms with van der Waals surface area (Å²) in [5.74, 6) is 0.940. The lowest BCUT2D eigenvalue weighted by Gasteiger charge is -2.26. The van der Waals surface area contributed by atoms with E-state index < -0.39 is 0 Å². The van der Waals surface area contributed by atoms with Crippen LogP contribution < -0.4 is 15.8 Å². The number of amides is 1. The van der Waals surface area contributed by atoms with E-state index in [4.69, 9.17) is 10.5 Å². The van der Waals surface area contributed by atoms with Gasteiger partial charge in [0.15, 0.2) is 0 Å². The quantitative estimate of drug-likeness (QED) is 0.891. The molecule has 2 atom stereocenters. The molecule has 5 heteroatoms. The van der Waals surface area contributed by atoms with Gasteiger partial charge in [-0.2, -0.15) is 0 Å². The third-order valence-electron chi connectivity index (χ3n) is 3.12. The van der Waals surface area contributed by atoms with Crippen LogP contribution in [0, 0.1) is 0 Å². The van der Waals surface area contributed by atoms with Crippen molar-refractivity contribution in [3.05, 3.63) is 29.8 Å². The third-order valence-corrected chi connectivity index (χ3v) is 3.12. The molecule has 0 saturated carbocycles. The van der Waals surface area contributed by atoms with Crippen molar-refractivity contribution in [2.24, 2.45) is 5.73 Å². The molecule has 1 aromatic rings. The minimum Gasteiger partial charge on any atom is -0.493 e. The number of hydrogen-bond acceptors (Lipinski definition) is 3. The smallest absolute Gasteiger partial charge is 0.220 e. The van der Waals surface area contributed by atoms with E-state index in [-0.39, 0.29) is 30.4 Å². The predicted molar refractivity (Wildman–Crippen MR) is 77.6 cm³/mol. The molecule has 1 amide bonds. The van der Waals surface area contributed by atoms with E-state index in [1.54, 1.807) is 0 Å². The van der Waals surface area contributed by atoms with Crippen LogP contribution in [-0.2, 0) is 4.79 Å². The lowest BCUT2D eigenvalue weighted by molar-refractivity contribution is -0.122. The maximum atomic E-state index is 11.8. The molecule has 0 aromatic heterocycles. The first-order valence-corrected chi connectivity index (χ1v) is 6.43. The molecule has 0 spiro atoms. The Bertz CT molecular complexity index is 424. The SMILES string of the molecule is CC(N)CCC(=O)NC1CCOc2ccccc21.Cl. The fraction of sp³-hybridized carbons (Fsp3) is 0.500. The van der Waals surface area contributed by atoms with E-state index in [0.717, 1.165) is 24.2 Å². The molecule has 1 aromatic carbocycles. The Hall–Kier alpha value is -1.26. The maximum Gasteiger partial charge on any atom is 0.220 e. The van der Waals surface area contributed by atoms with Crippen LogP contribution in [0.4, 0.5) is 0 Å². The maximum absolute atomic E-state index is 11.8.